The molecule has 0 unspecified atom stereocenters. The highest BCUT2D eigenvalue weighted by molar-refractivity contribution is 7.92. The van der Waals surface area contributed by atoms with Gasteiger partial charge in [-0.3, -0.25) is 9.71 Å². The molecule has 0 saturated heterocycles. The van der Waals surface area contributed by atoms with E-state index in [1.807, 2.05) is 0 Å². The van der Waals surface area contributed by atoms with Gasteiger partial charge in [-0.15, -0.1) is 0 Å². The van der Waals surface area contributed by atoms with Gasteiger partial charge in [0.05, 0.1) is 23.5 Å². The fourth-order valence-corrected chi connectivity index (χ4v) is 3.64. The number of aliphatic hydroxyl groups is 1. The zero-order valence-corrected chi connectivity index (χ0v) is 13.3. The molecule has 5 nitrogen and oxygen atoms in total. The number of nitrogens with one attached hydrogen (secondary N) is 1. The molecule has 8 heteroatoms. The molecule has 2 rings (SSSR count). The van der Waals surface area contributed by atoms with Gasteiger partial charge in [-0.25, -0.2) is 8.42 Å². The van der Waals surface area contributed by atoms with Gasteiger partial charge in [0, 0.05) is 11.2 Å². The summed E-state index contributed by atoms with van der Waals surface area (Å²) in [4.78, 5) is 3.72. The number of rotatable bonds is 4. The van der Waals surface area contributed by atoms with E-state index < -0.39 is 10.0 Å². The maximum absolute atomic E-state index is 12.4. The predicted octanol–water partition coefficient (Wildman–Crippen LogP) is 2.99. The van der Waals surface area contributed by atoms with Gasteiger partial charge in [0.25, 0.3) is 10.0 Å². The highest BCUT2D eigenvalue weighted by Gasteiger charge is 2.21. The Bertz CT molecular complexity index is 779. The van der Waals surface area contributed by atoms with Crippen LogP contribution in [-0.4, -0.2) is 18.5 Å². The van der Waals surface area contributed by atoms with Crippen LogP contribution in [0.25, 0.3) is 0 Å². The number of nitrogens with zero attached hydrogens (tertiary/aromatic N) is 1. The Morgan fingerprint density at radius 1 is 1.29 bits per heavy atom. The zero-order valence-electron chi connectivity index (χ0n) is 11.0. The number of benzene rings is 1. The van der Waals surface area contributed by atoms with E-state index in [0.29, 0.717) is 5.69 Å². The fraction of sp³-hybridized carbons (Fsp3) is 0.154. The van der Waals surface area contributed by atoms with Gasteiger partial charge in [-0.05, 0) is 36.2 Å². The van der Waals surface area contributed by atoms with Crippen LogP contribution in [0.5, 0.6) is 0 Å². The Hall–Kier alpha value is -1.34. The lowest BCUT2D eigenvalue weighted by Gasteiger charge is -2.12. The minimum Gasteiger partial charge on any atom is -0.392 e. The Labute approximate surface area is 132 Å². The quantitative estimate of drug-likeness (QED) is 0.891. The minimum atomic E-state index is -3.91. The van der Waals surface area contributed by atoms with Crippen LogP contribution in [0.1, 0.15) is 11.1 Å². The molecule has 0 spiro atoms. The molecule has 0 aliphatic heterocycles. The molecule has 1 aromatic heterocycles. The lowest BCUT2D eigenvalue weighted by Crippen LogP contribution is -2.15. The summed E-state index contributed by atoms with van der Waals surface area (Å²) in [6.45, 7) is 1.37. The number of hydrogen-bond donors (Lipinski definition) is 2. The molecule has 0 amide bonds. The lowest BCUT2D eigenvalue weighted by molar-refractivity contribution is 0.281. The number of hydrogen-bond acceptors (Lipinski definition) is 4. The first-order valence-corrected chi connectivity index (χ1v) is 8.11. The number of anilines is 1. The molecule has 0 aliphatic rings. The maximum Gasteiger partial charge on any atom is 0.263 e. The van der Waals surface area contributed by atoms with Crippen molar-refractivity contribution >= 4 is 38.9 Å². The Kier molecular flexibility index (Phi) is 4.73. The standard InChI is InChI=1S/C13H12Cl2N2O3S/c1-8-2-3-16-6-12(8)17-21(19,20)13-4-9(7-18)10(14)5-11(13)15/h2-6,17-18H,7H2,1H3. The molecular weight excluding hydrogens is 335 g/mol. The van der Waals surface area contributed by atoms with Crippen LogP contribution < -0.4 is 4.72 Å². The van der Waals surface area contributed by atoms with Gasteiger partial charge in [-0.2, -0.15) is 0 Å². The minimum absolute atomic E-state index is 0.0220. The SMILES string of the molecule is Cc1ccncc1NS(=O)(=O)c1cc(CO)c(Cl)cc1Cl. The second-order valence-corrected chi connectivity index (χ2v) is 6.79. The maximum atomic E-state index is 12.4. The van der Waals surface area contributed by atoms with Gasteiger partial charge in [0.1, 0.15) is 4.90 Å². The molecule has 1 heterocycles. The molecule has 0 saturated carbocycles. The van der Waals surface area contributed by atoms with Crippen LogP contribution in [-0.2, 0) is 16.6 Å². The van der Waals surface area contributed by atoms with Crippen molar-refractivity contribution in [3.63, 3.8) is 0 Å². The van der Waals surface area contributed by atoms with Gasteiger partial charge >= 0.3 is 0 Å². The molecule has 0 atom stereocenters. The van der Waals surface area contributed by atoms with Crippen molar-refractivity contribution in [1.82, 2.24) is 4.98 Å². The smallest absolute Gasteiger partial charge is 0.263 e. The van der Waals surface area contributed by atoms with E-state index in [1.165, 1.54) is 18.3 Å². The van der Waals surface area contributed by atoms with E-state index in [4.69, 9.17) is 23.2 Å². The predicted molar refractivity (Wildman–Crippen MR) is 82.2 cm³/mol. The van der Waals surface area contributed by atoms with Crippen molar-refractivity contribution in [3.05, 3.63) is 51.8 Å². The second kappa shape index (κ2) is 6.19. The van der Waals surface area contributed by atoms with Crippen LogP contribution in [0.2, 0.25) is 10.0 Å². The number of aryl methyl sites for hydroxylation is 1. The normalized spacial score (nSPS) is 11.4. The van der Waals surface area contributed by atoms with Crippen molar-refractivity contribution < 1.29 is 13.5 Å². The van der Waals surface area contributed by atoms with Crippen LogP contribution in [0, 0.1) is 6.92 Å². The highest BCUT2D eigenvalue weighted by Crippen LogP contribution is 2.30. The number of aromatic nitrogens is 1. The average Bonchev–Trinajstić information content (AvgIpc) is 2.41. The third-order valence-corrected chi connectivity index (χ3v) is 5.03. The van der Waals surface area contributed by atoms with Crippen molar-refractivity contribution in [3.8, 4) is 0 Å². The van der Waals surface area contributed by atoms with Crippen LogP contribution in [0.4, 0.5) is 5.69 Å². The van der Waals surface area contributed by atoms with Gasteiger partial charge < -0.3 is 5.11 Å². The van der Waals surface area contributed by atoms with E-state index in [-0.39, 0.29) is 27.1 Å². The first-order valence-electron chi connectivity index (χ1n) is 5.87. The summed E-state index contributed by atoms with van der Waals surface area (Å²) in [6.07, 6.45) is 2.97. The molecule has 0 fully saturated rings. The third-order valence-electron chi connectivity index (χ3n) is 2.84. The van der Waals surface area contributed by atoms with E-state index in [2.05, 4.69) is 9.71 Å². The third kappa shape index (κ3) is 3.47. The molecule has 2 N–H and O–H groups in total. The fourth-order valence-electron chi connectivity index (χ4n) is 1.67. The number of halogens is 2. The molecule has 0 radical (unpaired) electrons. The number of sulfonamides is 1. The average molecular weight is 347 g/mol. The summed E-state index contributed by atoms with van der Waals surface area (Å²) >= 11 is 11.8. The van der Waals surface area contributed by atoms with Gasteiger partial charge in [0.15, 0.2) is 0 Å². The van der Waals surface area contributed by atoms with Crippen molar-refractivity contribution in [1.29, 1.82) is 0 Å². The van der Waals surface area contributed by atoms with E-state index >= 15 is 0 Å². The summed E-state index contributed by atoms with van der Waals surface area (Å²) in [6, 6.07) is 4.22. The first-order chi connectivity index (χ1) is 9.85. The summed E-state index contributed by atoms with van der Waals surface area (Å²) in [5.41, 5.74) is 1.36. The first kappa shape index (κ1) is 16.0. The van der Waals surface area contributed by atoms with E-state index in [0.717, 1.165) is 5.56 Å². The van der Waals surface area contributed by atoms with Crippen molar-refractivity contribution in [2.75, 3.05) is 4.72 Å². The number of pyridine rings is 1. The summed E-state index contributed by atoms with van der Waals surface area (Å²) in [7, 11) is -3.91. The molecule has 2 aromatic rings. The van der Waals surface area contributed by atoms with Crippen molar-refractivity contribution in [2.24, 2.45) is 0 Å². The topological polar surface area (TPSA) is 79.3 Å². The Morgan fingerprint density at radius 3 is 2.62 bits per heavy atom. The molecule has 1 aromatic carbocycles. The summed E-state index contributed by atoms with van der Waals surface area (Å²) < 4.78 is 27.2. The largest absolute Gasteiger partial charge is 0.392 e. The number of aliphatic hydroxyl groups excluding tert-OH is 1. The highest BCUT2D eigenvalue weighted by atomic mass is 35.5. The van der Waals surface area contributed by atoms with E-state index in [1.54, 1.807) is 19.2 Å². The molecule has 21 heavy (non-hydrogen) atoms. The summed E-state index contributed by atoms with van der Waals surface area (Å²) in [5, 5.41) is 9.37. The zero-order chi connectivity index (χ0) is 15.6. The summed E-state index contributed by atoms with van der Waals surface area (Å²) in [5.74, 6) is 0. The Balaban J connectivity index is 2.47. The van der Waals surface area contributed by atoms with Crippen molar-refractivity contribution in [2.45, 2.75) is 18.4 Å². The van der Waals surface area contributed by atoms with Crippen LogP contribution in [0.15, 0.2) is 35.5 Å². The molecular formula is C13H12Cl2N2O3S. The van der Waals surface area contributed by atoms with Gasteiger partial charge in [0.2, 0.25) is 0 Å². The molecule has 0 aliphatic carbocycles. The van der Waals surface area contributed by atoms with Gasteiger partial charge in [-0.1, -0.05) is 23.2 Å². The van der Waals surface area contributed by atoms with E-state index in [9.17, 15) is 13.5 Å². The molecule has 112 valence electrons. The monoisotopic (exact) mass is 346 g/mol. The Morgan fingerprint density at radius 2 is 2.00 bits per heavy atom. The van der Waals surface area contributed by atoms with Crippen LogP contribution in [0.3, 0.4) is 0 Å². The second-order valence-electron chi connectivity index (χ2n) is 4.33. The lowest BCUT2D eigenvalue weighted by atomic mass is 10.2. The van der Waals surface area contributed by atoms with Crippen LogP contribution >= 0.6 is 23.2 Å². The molecule has 0 bridgehead atoms.